The van der Waals surface area contributed by atoms with Crippen molar-refractivity contribution in [3.8, 4) is 0 Å². The number of rotatable bonds is 2. The van der Waals surface area contributed by atoms with Crippen molar-refractivity contribution in [2.24, 2.45) is 5.10 Å². The SMILES string of the molecule is Cc1ccc(C2=NNC(=O)[C@H](c3c[nH]c4ccccc34)C2)cc1. The monoisotopic (exact) mass is 303 g/mol. The third kappa shape index (κ3) is 2.42. The fraction of sp³-hybridized carbons (Fsp3) is 0.158. The van der Waals surface area contributed by atoms with Crippen LogP contribution in [0.4, 0.5) is 0 Å². The number of aromatic nitrogens is 1. The zero-order valence-electron chi connectivity index (χ0n) is 12.8. The maximum Gasteiger partial charge on any atom is 0.248 e. The van der Waals surface area contributed by atoms with E-state index < -0.39 is 0 Å². The van der Waals surface area contributed by atoms with E-state index in [0.29, 0.717) is 6.42 Å². The molecular formula is C19H17N3O. The van der Waals surface area contributed by atoms with Crippen LogP contribution in [0.5, 0.6) is 0 Å². The number of para-hydroxylation sites is 1. The second-order valence-electron chi connectivity index (χ2n) is 5.95. The van der Waals surface area contributed by atoms with Gasteiger partial charge in [-0.2, -0.15) is 5.10 Å². The van der Waals surface area contributed by atoms with Crippen LogP contribution in [0.2, 0.25) is 0 Å². The summed E-state index contributed by atoms with van der Waals surface area (Å²) in [7, 11) is 0. The Morgan fingerprint density at radius 1 is 1.09 bits per heavy atom. The Balaban J connectivity index is 1.71. The van der Waals surface area contributed by atoms with Gasteiger partial charge in [-0.05, 0) is 24.1 Å². The van der Waals surface area contributed by atoms with Gasteiger partial charge in [-0.15, -0.1) is 0 Å². The van der Waals surface area contributed by atoms with Gasteiger partial charge in [-0.25, -0.2) is 5.43 Å². The molecule has 4 heteroatoms. The molecule has 2 heterocycles. The molecule has 1 amide bonds. The minimum absolute atomic E-state index is 0.0504. The van der Waals surface area contributed by atoms with Crippen LogP contribution < -0.4 is 5.43 Å². The Labute approximate surface area is 134 Å². The highest BCUT2D eigenvalue weighted by Crippen LogP contribution is 2.31. The lowest BCUT2D eigenvalue weighted by atomic mass is 9.89. The predicted octanol–water partition coefficient (Wildman–Crippen LogP) is 3.48. The van der Waals surface area contributed by atoms with Gasteiger partial charge in [0.05, 0.1) is 11.6 Å². The molecule has 0 saturated carbocycles. The van der Waals surface area contributed by atoms with E-state index in [4.69, 9.17) is 0 Å². The molecule has 0 radical (unpaired) electrons. The Morgan fingerprint density at radius 3 is 2.70 bits per heavy atom. The van der Waals surface area contributed by atoms with Crippen LogP contribution in [-0.2, 0) is 4.79 Å². The summed E-state index contributed by atoms with van der Waals surface area (Å²) >= 11 is 0. The molecule has 2 aromatic carbocycles. The Hall–Kier alpha value is -2.88. The molecule has 1 aliphatic heterocycles. The lowest BCUT2D eigenvalue weighted by molar-refractivity contribution is -0.122. The molecule has 2 N–H and O–H groups in total. The fourth-order valence-electron chi connectivity index (χ4n) is 3.09. The number of amides is 1. The molecule has 3 aromatic rings. The van der Waals surface area contributed by atoms with E-state index in [1.807, 2.05) is 30.5 Å². The molecule has 1 aliphatic rings. The van der Waals surface area contributed by atoms with Crippen molar-refractivity contribution in [1.82, 2.24) is 10.4 Å². The maximum atomic E-state index is 12.3. The zero-order valence-corrected chi connectivity index (χ0v) is 12.8. The molecule has 1 atom stereocenters. The molecule has 114 valence electrons. The fourth-order valence-corrected chi connectivity index (χ4v) is 3.09. The number of hydrogen-bond acceptors (Lipinski definition) is 2. The quantitative estimate of drug-likeness (QED) is 0.748. The van der Waals surface area contributed by atoms with Crippen LogP contribution in [-0.4, -0.2) is 16.6 Å². The van der Waals surface area contributed by atoms with Gasteiger partial charge in [0.15, 0.2) is 0 Å². The number of carbonyl (C=O) groups excluding carboxylic acids is 1. The Morgan fingerprint density at radius 2 is 1.87 bits per heavy atom. The molecule has 4 rings (SSSR count). The van der Waals surface area contributed by atoms with Gasteiger partial charge in [0.2, 0.25) is 5.91 Å². The summed E-state index contributed by atoms with van der Waals surface area (Å²) in [6.45, 7) is 2.06. The Kier molecular flexibility index (Phi) is 3.23. The maximum absolute atomic E-state index is 12.3. The molecule has 4 nitrogen and oxygen atoms in total. The predicted molar refractivity (Wildman–Crippen MR) is 91.5 cm³/mol. The first kappa shape index (κ1) is 13.8. The second kappa shape index (κ2) is 5.39. The number of H-pyrrole nitrogens is 1. The molecule has 0 aliphatic carbocycles. The van der Waals surface area contributed by atoms with Crippen molar-refractivity contribution >= 4 is 22.5 Å². The van der Waals surface area contributed by atoms with Crippen LogP contribution in [0.25, 0.3) is 10.9 Å². The standard InChI is InChI=1S/C19H17N3O/c1-12-6-8-13(9-7-12)18-10-15(19(23)22-21-18)16-11-20-17-5-3-2-4-14(16)17/h2-9,11,15,20H,10H2,1H3,(H,22,23)/t15-/m0/s1. The molecule has 1 aromatic heterocycles. The van der Waals surface area contributed by atoms with Crippen LogP contribution in [0.1, 0.15) is 29.0 Å². The van der Waals surface area contributed by atoms with Crippen LogP contribution in [0.15, 0.2) is 59.8 Å². The third-order valence-electron chi connectivity index (χ3n) is 4.40. The van der Waals surface area contributed by atoms with E-state index in [1.54, 1.807) is 0 Å². The van der Waals surface area contributed by atoms with E-state index in [0.717, 1.165) is 27.7 Å². The number of fused-ring (bicyclic) bond motifs is 1. The van der Waals surface area contributed by atoms with E-state index in [-0.39, 0.29) is 11.8 Å². The van der Waals surface area contributed by atoms with E-state index in [9.17, 15) is 4.79 Å². The topological polar surface area (TPSA) is 57.2 Å². The first-order chi connectivity index (χ1) is 11.2. The van der Waals surface area contributed by atoms with Gasteiger partial charge >= 0.3 is 0 Å². The Bertz CT molecular complexity index is 906. The zero-order chi connectivity index (χ0) is 15.8. The smallest absolute Gasteiger partial charge is 0.248 e. The lowest BCUT2D eigenvalue weighted by Crippen LogP contribution is -2.33. The van der Waals surface area contributed by atoms with Crippen molar-refractivity contribution in [2.75, 3.05) is 0 Å². The van der Waals surface area contributed by atoms with Crippen LogP contribution >= 0.6 is 0 Å². The van der Waals surface area contributed by atoms with E-state index in [1.165, 1.54) is 5.56 Å². The first-order valence-electron chi connectivity index (χ1n) is 7.72. The minimum atomic E-state index is -0.222. The number of hydrazone groups is 1. The van der Waals surface area contributed by atoms with Crippen LogP contribution in [0.3, 0.4) is 0 Å². The van der Waals surface area contributed by atoms with E-state index >= 15 is 0 Å². The molecule has 0 saturated heterocycles. The summed E-state index contributed by atoms with van der Waals surface area (Å²) in [5, 5.41) is 5.35. The number of nitrogens with one attached hydrogen (secondary N) is 2. The summed E-state index contributed by atoms with van der Waals surface area (Å²) in [4.78, 5) is 15.6. The summed E-state index contributed by atoms with van der Waals surface area (Å²) in [6.07, 6.45) is 2.55. The molecule has 0 fully saturated rings. The van der Waals surface area contributed by atoms with Gasteiger partial charge in [0.1, 0.15) is 0 Å². The number of aryl methyl sites for hydroxylation is 1. The van der Waals surface area contributed by atoms with Gasteiger partial charge < -0.3 is 4.98 Å². The van der Waals surface area contributed by atoms with Gasteiger partial charge in [0.25, 0.3) is 0 Å². The average molecular weight is 303 g/mol. The van der Waals surface area contributed by atoms with Crippen molar-refractivity contribution in [1.29, 1.82) is 0 Å². The highest BCUT2D eigenvalue weighted by atomic mass is 16.2. The largest absolute Gasteiger partial charge is 0.361 e. The van der Waals surface area contributed by atoms with Crippen molar-refractivity contribution < 1.29 is 4.79 Å². The van der Waals surface area contributed by atoms with Gasteiger partial charge in [-0.1, -0.05) is 48.0 Å². The van der Waals surface area contributed by atoms with Crippen molar-refractivity contribution in [3.05, 3.63) is 71.4 Å². The lowest BCUT2D eigenvalue weighted by Gasteiger charge is -2.21. The number of benzene rings is 2. The van der Waals surface area contributed by atoms with Crippen molar-refractivity contribution in [3.63, 3.8) is 0 Å². The summed E-state index contributed by atoms with van der Waals surface area (Å²) in [5.74, 6) is -0.273. The average Bonchev–Trinajstić information content (AvgIpc) is 3.00. The number of carbonyl (C=O) groups is 1. The number of nitrogens with zero attached hydrogens (tertiary/aromatic N) is 1. The highest BCUT2D eigenvalue weighted by Gasteiger charge is 2.29. The minimum Gasteiger partial charge on any atom is -0.361 e. The molecule has 23 heavy (non-hydrogen) atoms. The normalized spacial score (nSPS) is 17.9. The summed E-state index contributed by atoms with van der Waals surface area (Å²) in [6, 6.07) is 16.3. The summed E-state index contributed by atoms with van der Waals surface area (Å²) < 4.78 is 0. The first-order valence-corrected chi connectivity index (χ1v) is 7.72. The second-order valence-corrected chi connectivity index (χ2v) is 5.95. The van der Waals surface area contributed by atoms with Gasteiger partial charge in [-0.3, -0.25) is 4.79 Å². The number of hydrogen-bond donors (Lipinski definition) is 2. The molecule has 0 spiro atoms. The third-order valence-corrected chi connectivity index (χ3v) is 4.40. The molecule has 0 bridgehead atoms. The van der Waals surface area contributed by atoms with Gasteiger partial charge in [0, 0.05) is 23.5 Å². The van der Waals surface area contributed by atoms with Crippen LogP contribution in [0, 0.1) is 6.92 Å². The highest BCUT2D eigenvalue weighted by molar-refractivity contribution is 6.07. The summed E-state index contributed by atoms with van der Waals surface area (Å²) in [5.41, 5.74) is 7.94. The number of aromatic amines is 1. The molecular weight excluding hydrogens is 286 g/mol. The van der Waals surface area contributed by atoms with E-state index in [2.05, 4.69) is 46.7 Å². The van der Waals surface area contributed by atoms with Crippen molar-refractivity contribution in [2.45, 2.75) is 19.3 Å². The molecule has 0 unspecified atom stereocenters.